The number of rotatable bonds is 0. The van der Waals surface area contributed by atoms with Crippen LogP contribution in [0.3, 0.4) is 0 Å². The maximum Gasteiger partial charge on any atom is 0.194 e. The summed E-state index contributed by atoms with van der Waals surface area (Å²) in [6, 6.07) is 90.1. The molecule has 6 N–H and O–H groups in total. The van der Waals surface area contributed by atoms with Crippen LogP contribution in [0.4, 0.5) is 34.1 Å². The molecule has 12 aliphatic heterocycles. The summed E-state index contributed by atoms with van der Waals surface area (Å²) in [5, 5.41) is 18.6. The summed E-state index contributed by atoms with van der Waals surface area (Å²) in [4.78, 5) is 8.51. The van der Waals surface area contributed by atoms with Gasteiger partial charge >= 0.3 is 0 Å². The summed E-state index contributed by atoms with van der Waals surface area (Å²) < 4.78 is 180. The van der Waals surface area contributed by atoms with Gasteiger partial charge in [-0.2, -0.15) is 0 Å². The van der Waals surface area contributed by atoms with Crippen LogP contribution in [0.15, 0.2) is 350 Å². The highest BCUT2D eigenvalue weighted by atomic mass is 32.3. The highest BCUT2D eigenvalue weighted by Crippen LogP contribution is 2.39. The molecule has 0 aliphatic carbocycles. The zero-order chi connectivity index (χ0) is 93.5. The van der Waals surface area contributed by atoms with Crippen LogP contribution in [0, 0.1) is 0 Å². The Hall–Kier alpha value is -10.3. The van der Waals surface area contributed by atoms with E-state index in [-0.39, 0.29) is 44.3 Å². The Morgan fingerprint density at radius 3 is 1.20 bits per heavy atom. The van der Waals surface area contributed by atoms with Gasteiger partial charge in [-0.15, -0.1) is 47.0 Å². The average Bonchev–Trinajstić information content (AvgIpc) is 1.48. The fraction of sp³-hybridized carbons (Fsp3) is 0.240. The second-order valence-corrected chi connectivity index (χ2v) is 50.2. The lowest BCUT2D eigenvalue weighted by molar-refractivity contribution is 0.171. The second-order valence-electron chi connectivity index (χ2n) is 29.6. The Balaban J connectivity index is 0.000000123. The highest BCUT2D eigenvalue weighted by Gasteiger charge is 2.38. The van der Waals surface area contributed by atoms with Crippen LogP contribution >= 0.6 is 47.0 Å². The van der Waals surface area contributed by atoms with Crippen LogP contribution < -0.4 is 60.3 Å². The molecule has 12 heterocycles. The predicted molar refractivity (Wildman–Crippen MR) is 540 cm³/mol. The van der Waals surface area contributed by atoms with Gasteiger partial charge in [0.25, 0.3) is 0 Å². The molecule has 25 nitrogen and oxygen atoms in total. The Labute approximate surface area is 801 Å². The molecule has 0 saturated heterocycles. The van der Waals surface area contributed by atoms with Crippen LogP contribution in [0.5, 0.6) is 34.5 Å². The van der Waals surface area contributed by atoms with E-state index in [1.165, 1.54) is 84.2 Å². The molecule has 0 amide bonds. The molecule has 0 aromatic heterocycles. The van der Waals surface area contributed by atoms with Crippen molar-refractivity contribution in [3.05, 3.63) is 291 Å². The fourth-order valence-corrected chi connectivity index (χ4v) is 32.0. The molecular weight excluding hydrogens is 1930 g/mol. The summed E-state index contributed by atoms with van der Waals surface area (Å²) in [6.45, 7) is 9.19. The summed E-state index contributed by atoms with van der Waals surface area (Å²) >= 11 is 7.73. The number of para-hydroxylation sites is 12. The van der Waals surface area contributed by atoms with Crippen molar-refractivity contribution in [2.45, 2.75) is 58.7 Å². The molecule has 3 atom stereocenters. The van der Waals surface area contributed by atoms with Gasteiger partial charge in [0.2, 0.25) is 0 Å². The first-order chi connectivity index (χ1) is 64.3. The van der Waals surface area contributed by atoms with Gasteiger partial charge in [0.15, 0.2) is 65.8 Å². The highest BCUT2D eigenvalue weighted by molar-refractivity contribution is 8.10. The first-order valence-electron chi connectivity index (χ1n) is 42.4. The first kappa shape index (κ1) is 100. The quantitative estimate of drug-likeness (QED) is 0.0768. The Bertz CT molecular complexity index is 5970. The predicted octanol–water partition coefficient (Wildman–Crippen LogP) is 16.6. The van der Waals surface area contributed by atoms with E-state index in [4.69, 9.17) is 28.4 Å². The Morgan fingerprint density at radius 1 is 0.241 bits per heavy atom. The standard InChI is InChI=1S/C9H10O3S2.C8H10N2.C8H9NO2S.C8H9NOS.C8H9NO.C8H9NS.C8H8O3S.C8H8O2S.C8H8O2.C8H8OS.C8H8S2.C7H6O4S2/c1-13(10)6-7-14(11,12)9-5-3-2-4-8(9)13;1-2-4-8-7(3-1)9-5-6-10-8;10-12(11)6-5-9-7-3-1-2-4-8(7)12;10-11-6-5-9-7-3-1-2-4-8(7)11;2*1-2-4-8-7(3-1)9-5-6-10-8;9-12(10)6-5-11-7-3-1-2-4-8(7)12;9-11-6-5-10-7-3-1-2-4-8(7)11;3*1-2-4-8-7(3-1)9-5-6-10-8;8-12(9)5-13(10,11)7-4-2-1-3-6(7)12/h2-5H,1,6-7H2;1-4,9-10H,5-6H2;1-4,9H,5-6H2;1-4,9H,5-6H2;2*1-4,9H,5-6H2;1-4H,5-6H2;1-4H,5-6H2;3*1-4H,5-6H2;1-4H,5H2. The minimum Gasteiger partial charge on any atom is -0.492 e. The normalized spacial score (nSPS) is 19.3. The van der Waals surface area contributed by atoms with Crippen molar-refractivity contribution < 1.29 is 83.1 Å². The van der Waals surface area contributed by atoms with E-state index in [1.807, 2.05) is 181 Å². The van der Waals surface area contributed by atoms with E-state index in [9.17, 15) is 54.7 Å². The van der Waals surface area contributed by atoms with Crippen molar-refractivity contribution in [2.24, 2.45) is 0 Å². The fourth-order valence-electron chi connectivity index (χ4n) is 13.9. The van der Waals surface area contributed by atoms with Gasteiger partial charge in [0.05, 0.1) is 109 Å². The SMILES string of the molecule is C=S1(=O)CCS(=O)(=O)c2ccccc21.O=S1(=O)CCNc2ccccc21.O=S1(=O)CCOc2ccccc21.O=S1(=O)CS(=O)(=O)c2ccccc21.O=S1CCNc2ccccc21.O=S1CCOc2ccccc21.c1ccc2c(c1)NCCN2.c1ccc2c(c1)NCCO2.c1ccc2c(c1)NCCS2.c1ccc2c(c1)OCCO2.c1ccc2c(c1)OCCS2.c1ccc2c(c1)SCCS2. The van der Waals surface area contributed by atoms with Gasteiger partial charge in [0, 0.05) is 104 Å². The lowest BCUT2D eigenvalue weighted by Gasteiger charge is -2.19. The van der Waals surface area contributed by atoms with Crippen LogP contribution in [0.25, 0.3) is 0 Å². The largest absolute Gasteiger partial charge is 0.492 e. The number of hydrogen-bond donors (Lipinski definition) is 6. The van der Waals surface area contributed by atoms with Crippen molar-refractivity contribution in [3.8, 4) is 34.5 Å². The molecule has 12 aromatic rings. The molecule has 0 saturated carbocycles. The van der Waals surface area contributed by atoms with E-state index in [1.54, 1.807) is 60.7 Å². The smallest absolute Gasteiger partial charge is 0.194 e. The van der Waals surface area contributed by atoms with Gasteiger partial charge in [-0.1, -0.05) is 146 Å². The number of thioether (sulfide) groups is 4. The van der Waals surface area contributed by atoms with Gasteiger partial charge < -0.3 is 60.3 Å². The summed E-state index contributed by atoms with van der Waals surface area (Å²) in [5.74, 6) is 15.1. The van der Waals surface area contributed by atoms with E-state index in [0.29, 0.717) is 52.6 Å². The first-order valence-corrected chi connectivity index (χ1v) is 59.1. The van der Waals surface area contributed by atoms with E-state index in [0.717, 1.165) is 113 Å². The third-order valence-electron chi connectivity index (χ3n) is 20.3. The molecule has 133 heavy (non-hydrogen) atoms. The lowest BCUT2D eigenvalue weighted by Crippen LogP contribution is -2.25. The number of ether oxygens (including phenoxy) is 6. The maximum absolute atomic E-state index is 11.9. The molecule has 0 bridgehead atoms. The molecule has 0 spiro atoms. The summed E-state index contributed by atoms with van der Waals surface area (Å²) in [6.07, 6.45) is 0. The van der Waals surface area contributed by atoms with Gasteiger partial charge in [-0.05, 0) is 161 Å². The van der Waals surface area contributed by atoms with Crippen LogP contribution in [0.2, 0.25) is 0 Å². The monoisotopic (exact) mass is 2030 g/mol. The summed E-state index contributed by atoms with van der Waals surface area (Å²) in [5.41, 5.74) is 6.58. The minimum atomic E-state index is -3.60. The van der Waals surface area contributed by atoms with Crippen molar-refractivity contribution in [3.63, 3.8) is 0 Å². The third kappa shape index (κ3) is 28.7. The lowest BCUT2D eigenvalue weighted by atomic mass is 10.2. The van der Waals surface area contributed by atoms with Crippen LogP contribution in [0.1, 0.15) is 0 Å². The molecule has 0 fully saturated rings. The molecule has 0 radical (unpaired) electrons. The molecular formula is C96H102N6O19S12. The van der Waals surface area contributed by atoms with Gasteiger partial charge in [-0.25, -0.2) is 42.1 Å². The topological polar surface area (TPSA) is 349 Å². The third-order valence-corrected chi connectivity index (χ3v) is 40.0. The number of hydrogen-bond acceptors (Lipinski definition) is 29. The average molecular weight is 2030 g/mol. The second kappa shape index (κ2) is 48.8. The van der Waals surface area contributed by atoms with E-state index < -0.39 is 85.4 Å². The van der Waals surface area contributed by atoms with Crippen molar-refractivity contribution in [2.75, 3.05) is 173 Å². The number of fused-ring (bicyclic) bond motifs is 12. The molecule has 3 unspecified atom stereocenters. The number of anilines is 6. The molecule has 24 rings (SSSR count). The molecule has 37 heteroatoms. The van der Waals surface area contributed by atoms with E-state index >= 15 is 0 Å². The number of sulfone groups is 5. The number of nitrogens with one attached hydrogen (secondary N) is 6. The maximum atomic E-state index is 11.9. The number of benzene rings is 12. The van der Waals surface area contributed by atoms with Gasteiger partial charge in [0.1, 0.15) is 60.9 Å². The molecule has 702 valence electrons. The zero-order valence-electron chi connectivity index (χ0n) is 72.3. The Kier molecular flexibility index (Phi) is 36.7. The Morgan fingerprint density at radius 2 is 0.632 bits per heavy atom. The molecule has 12 aliphatic rings. The van der Waals surface area contributed by atoms with Crippen LogP contribution in [-0.4, -0.2) is 202 Å². The summed E-state index contributed by atoms with van der Waals surface area (Å²) in [7, 11) is -20.5. The zero-order valence-corrected chi connectivity index (χ0v) is 82.1. The van der Waals surface area contributed by atoms with Crippen molar-refractivity contribution >= 4 is 167 Å². The minimum absolute atomic E-state index is 0.0631. The molecule has 12 aromatic carbocycles. The van der Waals surface area contributed by atoms with Gasteiger partial charge in [-0.3, -0.25) is 12.6 Å². The van der Waals surface area contributed by atoms with E-state index in [2.05, 4.69) is 105 Å². The van der Waals surface area contributed by atoms with Crippen LogP contribution in [-0.2, 0) is 80.3 Å². The van der Waals surface area contributed by atoms with Crippen molar-refractivity contribution in [1.29, 1.82) is 0 Å². The van der Waals surface area contributed by atoms with Crippen molar-refractivity contribution in [1.82, 2.24) is 0 Å².